The molecular formula is C7H14O4S. The first-order valence-electron chi connectivity index (χ1n) is 3.88. The molecule has 12 heavy (non-hydrogen) atoms. The van der Waals surface area contributed by atoms with E-state index in [4.69, 9.17) is 4.74 Å². The number of hydrogen-bond donors (Lipinski definition) is 4. The molecule has 0 bridgehead atoms. The fraction of sp³-hybridized carbons (Fsp3) is 1.00. The van der Waals surface area contributed by atoms with E-state index in [2.05, 4.69) is 12.6 Å². The van der Waals surface area contributed by atoms with Gasteiger partial charge < -0.3 is 20.1 Å². The molecule has 5 heteroatoms. The number of ether oxygens (including phenoxy) is 1. The van der Waals surface area contributed by atoms with E-state index >= 15 is 0 Å². The second-order valence-electron chi connectivity index (χ2n) is 3.03. The van der Waals surface area contributed by atoms with Gasteiger partial charge in [-0.1, -0.05) is 0 Å². The predicted molar refractivity (Wildman–Crippen MR) is 46.2 cm³/mol. The van der Waals surface area contributed by atoms with Crippen molar-refractivity contribution in [3.8, 4) is 0 Å². The van der Waals surface area contributed by atoms with Gasteiger partial charge in [0.25, 0.3) is 0 Å². The molecule has 0 aromatic rings. The molecule has 1 rings (SSSR count). The standard InChI is InChI=1S/C7H14O4S/c1-3-5(8)7(10)6(9)4(2-12)11-3/h3-10,12H,2H2,1H3/t3-,4?,5-,6-,7?/m1/s1. The molecule has 1 aliphatic rings. The summed E-state index contributed by atoms with van der Waals surface area (Å²) in [6, 6.07) is 0. The molecule has 1 aliphatic heterocycles. The Balaban J connectivity index is 2.63. The van der Waals surface area contributed by atoms with E-state index in [1.54, 1.807) is 6.92 Å². The van der Waals surface area contributed by atoms with Gasteiger partial charge in [0.2, 0.25) is 0 Å². The van der Waals surface area contributed by atoms with Gasteiger partial charge in [-0.2, -0.15) is 12.6 Å². The summed E-state index contributed by atoms with van der Waals surface area (Å²) >= 11 is 3.96. The van der Waals surface area contributed by atoms with Crippen molar-refractivity contribution in [3.63, 3.8) is 0 Å². The van der Waals surface area contributed by atoms with Crippen molar-refractivity contribution in [2.24, 2.45) is 0 Å². The molecule has 1 saturated heterocycles. The Bertz CT molecular complexity index is 150. The van der Waals surface area contributed by atoms with Crippen LogP contribution in [0, 0.1) is 0 Å². The van der Waals surface area contributed by atoms with Crippen molar-refractivity contribution in [1.82, 2.24) is 0 Å². The van der Waals surface area contributed by atoms with Gasteiger partial charge in [-0.25, -0.2) is 0 Å². The van der Waals surface area contributed by atoms with Crippen LogP contribution in [-0.4, -0.2) is 51.6 Å². The van der Waals surface area contributed by atoms with Crippen molar-refractivity contribution in [3.05, 3.63) is 0 Å². The van der Waals surface area contributed by atoms with Gasteiger partial charge in [0.05, 0.1) is 12.2 Å². The number of hydrogen-bond acceptors (Lipinski definition) is 5. The minimum Gasteiger partial charge on any atom is -0.388 e. The summed E-state index contributed by atoms with van der Waals surface area (Å²) < 4.78 is 5.19. The van der Waals surface area contributed by atoms with E-state index in [0.29, 0.717) is 5.75 Å². The monoisotopic (exact) mass is 194 g/mol. The molecule has 1 heterocycles. The van der Waals surface area contributed by atoms with Gasteiger partial charge in [0.15, 0.2) is 0 Å². The number of aliphatic hydroxyl groups excluding tert-OH is 3. The average Bonchev–Trinajstić information content (AvgIpc) is 2.08. The SMILES string of the molecule is C[C@H]1OC(CS)[C@@H](O)C(O)[C@@H]1O. The van der Waals surface area contributed by atoms with E-state index in [-0.39, 0.29) is 0 Å². The van der Waals surface area contributed by atoms with Gasteiger partial charge in [0, 0.05) is 5.75 Å². The van der Waals surface area contributed by atoms with Crippen LogP contribution in [0.5, 0.6) is 0 Å². The van der Waals surface area contributed by atoms with Crippen LogP contribution in [0.1, 0.15) is 6.92 Å². The first-order chi connectivity index (χ1) is 5.57. The molecule has 1 fully saturated rings. The Hall–Kier alpha value is 0.190. The second kappa shape index (κ2) is 3.93. The lowest BCUT2D eigenvalue weighted by atomic mass is 9.97. The number of thiol groups is 1. The molecule has 0 spiro atoms. The van der Waals surface area contributed by atoms with E-state index in [9.17, 15) is 15.3 Å². The molecule has 0 saturated carbocycles. The largest absolute Gasteiger partial charge is 0.388 e. The van der Waals surface area contributed by atoms with Gasteiger partial charge in [-0.3, -0.25) is 0 Å². The maximum absolute atomic E-state index is 9.34. The van der Waals surface area contributed by atoms with Gasteiger partial charge >= 0.3 is 0 Å². The third-order valence-corrected chi connectivity index (χ3v) is 2.49. The molecule has 0 radical (unpaired) electrons. The Kier molecular flexibility index (Phi) is 3.37. The van der Waals surface area contributed by atoms with Gasteiger partial charge in [-0.15, -0.1) is 0 Å². The summed E-state index contributed by atoms with van der Waals surface area (Å²) in [5.74, 6) is 0.329. The molecule has 72 valence electrons. The van der Waals surface area contributed by atoms with E-state index in [0.717, 1.165) is 0 Å². The molecule has 3 N–H and O–H groups in total. The summed E-state index contributed by atoms with van der Waals surface area (Å²) in [5.41, 5.74) is 0. The molecule has 4 nitrogen and oxygen atoms in total. The van der Waals surface area contributed by atoms with E-state index in [1.807, 2.05) is 0 Å². The van der Waals surface area contributed by atoms with Gasteiger partial charge in [-0.05, 0) is 6.92 Å². The Morgan fingerprint density at radius 3 is 2.25 bits per heavy atom. The second-order valence-corrected chi connectivity index (χ2v) is 3.40. The van der Waals surface area contributed by atoms with Crippen molar-refractivity contribution in [1.29, 1.82) is 0 Å². The topological polar surface area (TPSA) is 69.9 Å². The lowest BCUT2D eigenvalue weighted by Crippen LogP contribution is -2.57. The van der Waals surface area contributed by atoms with Crippen molar-refractivity contribution in [2.75, 3.05) is 5.75 Å². The highest BCUT2D eigenvalue weighted by atomic mass is 32.1. The zero-order chi connectivity index (χ0) is 9.30. The third-order valence-electron chi connectivity index (χ3n) is 2.13. The van der Waals surface area contributed by atoms with Crippen LogP contribution in [0.3, 0.4) is 0 Å². The zero-order valence-corrected chi connectivity index (χ0v) is 7.69. The molecule has 2 unspecified atom stereocenters. The highest BCUT2D eigenvalue weighted by Crippen LogP contribution is 2.21. The Labute approximate surface area is 76.6 Å². The highest BCUT2D eigenvalue weighted by molar-refractivity contribution is 7.80. The number of rotatable bonds is 1. The minimum absolute atomic E-state index is 0.329. The number of aliphatic hydroxyl groups is 3. The first kappa shape index (κ1) is 10.3. The van der Waals surface area contributed by atoms with E-state index in [1.165, 1.54) is 0 Å². The van der Waals surface area contributed by atoms with Crippen molar-refractivity contribution < 1.29 is 20.1 Å². The van der Waals surface area contributed by atoms with Gasteiger partial charge in [0.1, 0.15) is 18.3 Å². The van der Waals surface area contributed by atoms with E-state index < -0.39 is 30.5 Å². The van der Waals surface area contributed by atoms with Crippen LogP contribution in [0.15, 0.2) is 0 Å². The lowest BCUT2D eigenvalue weighted by molar-refractivity contribution is -0.210. The molecule has 0 amide bonds. The van der Waals surface area contributed by atoms with Crippen LogP contribution in [-0.2, 0) is 4.74 Å². The molecule has 0 aliphatic carbocycles. The minimum atomic E-state index is -1.13. The smallest absolute Gasteiger partial charge is 0.111 e. The predicted octanol–water partition coefficient (Wildman–Crippen LogP) is -1.21. The summed E-state index contributed by atoms with van der Waals surface area (Å²) in [6.45, 7) is 1.65. The summed E-state index contributed by atoms with van der Waals surface area (Å²) in [6.07, 6.45) is -4.15. The fourth-order valence-corrected chi connectivity index (χ4v) is 1.59. The lowest BCUT2D eigenvalue weighted by Gasteiger charge is -2.38. The third kappa shape index (κ3) is 1.75. The molecular weight excluding hydrogens is 180 g/mol. The maximum atomic E-state index is 9.34. The first-order valence-corrected chi connectivity index (χ1v) is 4.51. The maximum Gasteiger partial charge on any atom is 0.111 e. The summed E-state index contributed by atoms with van der Waals surface area (Å²) in [5, 5.41) is 27.9. The molecule has 0 aromatic carbocycles. The van der Waals surface area contributed by atoms with Crippen LogP contribution < -0.4 is 0 Å². The molecule has 5 atom stereocenters. The Morgan fingerprint density at radius 2 is 1.75 bits per heavy atom. The van der Waals surface area contributed by atoms with Crippen molar-refractivity contribution >= 4 is 12.6 Å². The highest BCUT2D eigenvalue weighted by Gasteiger charge is 2.40. The summed E-state index contributed by atoms with van der Waals surface area (Å²) in [4.78, 5) is 0. The van der Waals surface area contributed by atoms with Crippen LogP contribution in [0.4, 0.5) is 0 Å². The van der Waals surface area contributed by atoms with Crippen LogP contribution in [0.25, 0.3) is 0 Å². The quantitative estimate of drug-likeness (QED) is 0.395. The van der Waals surface area contributed by atoms with Crippen LogP contribution >= 0.6 is 12.6 Å². The van der Waals surface area contributed by atoms with Crippen LogP contribution in [0.2, 0.25) is 0 Å². The normalized spacial score (nSPS) is 49.2. The van der Waals surface area contributed by atoms with Crippen molar-refractivity contribution in [2.45, 2.75) is 37.4 Å². The molecule has 0 aromatic heterocycles. The Morgan fingerprint density at radius 1 is 1.17 bits per heavy atom. The average molecular weight is 194 g/mol. The zero-order valence-electron chi connectivity index (χ0n) is 6.79. The summed E-state index contributed by atoms with van der Waals surface area (Å²) in [7, 11) is 0. The fourth-order valence-electron chi connectivity index (χ4n) is 1.29.